The summed E-state index contributed by atoms with van der Waals surface area (Å²) in [4.78, 5) is 12.1. The highest BCUT2D eigenvalue weighted by Gasteiger charge is 2.13. The van der Waals surface area contributed by atoms with E-state index in [2.05, 4.69) is 11.5 Å². The number of ether oxygens (including phenoxy) is 3. The summed E-state index contributed by atoms with van der Waals surface area (Å²) in [6.07, 6.45) is 27.0. The summed E-state index contributed by atoms with van der Waals surface area (Å²) in [5, 5.41) is 0. The standard InChI is InChI=1S/C32H58NO4.ClH/c1-3-5-6-7-8-9-10-11-12-13-14-15-16-17-18-22-28-35-29-31(36-4-2)30-37-32(34)24-23-27-33-25-20-19-21-26-33;/h19-21,25-26,31H,3-18,22-24,27-30H2,1-2H3;1H/q+1;/p-1. The first-order chi connectivity index (χ1) is 18.3. The molecule has 0 amide bonds. The van der Waals surface area contributed by atoms with Crippen LogP contribution < -0.4 is 17.0 Å². The van der Waals surface area contributed by atoms with Crippen LogP contribution in [0.15, 0.2) is 30.6 Å². The molecule has 0 saturated carbocycles. The van der Waals surface area contributed by atoms with E-state index in [1.807, 2.05) is 37.5 Å². The molecule has 0 fully saturated rings. The summed E-state index contributed by atoms with van der Waals surface area (Å²) in [7, 11) is 0. The van der Waals surface area contributed by atoms with Gasteiger partial charge in [0.2, 0.25) is 0 Å². The Morgan fingerprint density at radius 1 is 0.684 bits per heavy atom. The Bertz CT molecular complexity index is 617. The van der Waals surface area contributed by atoms with Crippen molar-refractivity contribution >= 4 is 5.97 Å². The Morgan fingerprint density at radius 2 is 1.21 bits per heavy atom. The van der Waals surface area contributed by atoms with Crippen LogP contribution in [0.25, 0.3) is 0 Å². The number of halogens is 1. The SMILES string of the molecule is CCCCCCCCCCCCCCCCCCOCC(COC(=O)CCC[n+]1ccccc1)OCC.[Cl-]. The molecule has 0 saturated heterocycles. The first kappa shape index (κ1) is 36.8. The van der Waals surface area contributed by atoms with Crippen molar-refractivity contribution in [3.63, 3.8) is 0 Å². The second-order valence-electron chi connectivity index (χ2n) is 10.4. The smallest absolute Gasteiger partial charge is 0.306 e. The van der Waals surface area contributed by atoms with Crippen LogP contribution in [0.2, 0.25) is 0 Å². The molecule has 1 rings (SSSR count). The Labute approximate surface area is 240 Å². The first-order valence-electron chi connectivity index (χ1n) is 15.5. The van der Waals surface area contributed by atoms with Crippen LogP contribution in [-0.2, 0) is 25.5 Å². The highest BCUT2D eigenvalue weighted by atomic mass is 35.5. The van der Waals surface area contributed by atoms with Gasteiger partial charge in [0.25, 0.3) is 0 Å². The quantitative estimate of drug-likeness (QED) is 0.0872. The molecule has 6 heteroatoms. The van der Waals surface area contributed by atoms with Crippen molar-refractivity contribution < 1.29 is 36.0 Å². The molecule has 0 aromatic carbocycles. The van der Waals surface area contributed by atoms with Gasteiger partial charge in [0.1, 0.15) is 19.3 Å². The van der Waals surface area contributed by atoms with E-state index in [4.69, 9.17) is 14.2 Å². The van der Waals surface area contributed by atoms with Crippen LogP contribution in [0.1, 0.15) is 129 Å². The molecule has 0 aliphatic heterocycles. The highest BCUT2D eigenvalue weighted by Crippen LogP contribution is 2.13. The lowest BCUT2D eigenvalue weighted by Crippen LogP contribution is -3.00. The van der Waals surface area contributed by atoms with Gasteiger partial charge >= 0.3 is 5.97 Å². The summed E-state index contributed by atoms with van der Waals surface area (Å²) < 4.78 is 19.0. The van der Waals surface area contributed by atoms with Crippen molar-refractivity contribution in [2.45, 2.75) is 142 Å². The van der Waals surface area contributed by atoms with E-state index in [1.54, 1.807) is 0 Å². The van der Waals surface area contributed by atoms with Crippen molar-refractivity contribution in [2.75, 3.05) is 26.4 Å². The Hall–Kier alpha value is -1.17. The fraction of sp³-hybridized carbons (Fsp3) is 0.812. The zero-order valence-corrected chi connectivity index (χ0v) is 25.4. The predicted molar refractivity (Wildman–Crippen MR) is 153 cm³/mol. The van der Waals surface area contributed by atoms with Gasteiger partial charge in [-0.3, -0.25) is 4.79 Å². The van der Waals surface area contributed by atoms with Crippen LogP contribution in [0.4, 0.5) is 0 Å². The summed E-state index contributed by atoms with van der Waals surface area (Å²) in [6, 6.07) is 5.97. The van der Waals surface area contributed by atoms with E-state index in [0.717, 1.165) is 26.0 Å². The monoisotopic (exact) mass is 555 g/mol. The predicted octanol–water partition coefficient (Wildman–Crippen LogP) is 4.98. The summed E-state index contributed by atoms with van der Waals surface area (Å²) >= 11 is 0. The van der Waals surface area contributed by atoms with Gasteiger partial charge in [-0.15, -0.1) is 0 Å². The molecule has 0 radical (unpaired) electrons. The van der Waals surface area contributed by atoms with Crippen molar-refractivity contribution in [2.24, 2.45) is 0 Å². The number of rotatable bonds is 27. The summed E-state index contributed by atoms with van der Waals surface area (Å²) in [6.45, 7) is 7.16. The van der Waals surface area contributed by atoms with E-state index in [1.165, 1.54) is 96.3 Å². The number of esters is 1. The third kappa shape index (κ3) is 23.9. The number of pyridine rings is 1. The fourth-order valence-corrected chi connectivity index (χ4v) is 4.59. The average molecular weight is 556 g/mol. The van der Waals surface area contributed by atoms with Crippen molar-refractivity contribution in [3.8, 4) is 0 Å². The molecule has 1 aromatic rings. The van der Waals surface area contributed by atoms with Gasteiger partial charge in [-0.1, -0.05) is 109 Å². The molecular formula is C32H58ClNO4. The van der Waals surface area contributed by atoms with E-state index in [-0.39, 0.29) is 31.1 Å². The maximum Gasteiger partial charge on any atom is 0.306 e. The first-order valence-corrected chi connectivity index (χ1v) is 15.5. The molecule has 0 N–H and O–H groups in total. The third-order valence-corrected chi connectivity index (χ3v) is 6.85. The second-order valence-corrected chi connectivity index (χ2v) is 10.4. The van der Waals surface area contributed by atoms with Gasteiger partial charge < -0.3 is 26.6 Å². The number of carbonyl (C=O) groups excluding carboxylic acids is 1. The lowest BCUT2D eigenvalue weighted by atomic mass is 10.0. The molecule has 5 nitrogen and oxygen atoms in total. The maximum absolute atomic E-state index is 12.1. The lowest BCUT2D eigenvalue weighted by Gasteiger charge is -2.17. The third-order valence-electron chi connectivity index (χ3n) is 6.85. The molecule has 0 aliphatic rings. The number of nitrogens with zero attached hydrogens (tertiary/aromatic N) is 1. The van der Waals surface area contributed by atoms with Crippen molar-refractivity contribution in [3.05, 3.63) is 30.6 Å². The molecule has 0 bridgehead atoms. The topological polar surface area (TPSA) is 48.6 Å². The lowest BCUT2D eigenvalue weighted by molar-refractivity contribution is -0.697. The van der Waals surface area contributed by atoms with Crippen molar-refractivity contribution in [1.82, 2.24) is 0 Å². The largest absolute Gasteiger partial charge is 1.00 e. The average Bonchev–Trinajstić information content (AvgIpc) is 2.91. The van der Waals surface area contributed by atoms with E-state index < -0.39 is 0 Å². The molecule has 0 aliphatic carbocycles. The summed E-state index contributed by atoms with van der Waals surface area (Å²) in [5.74, 6) is -0.168. The minimum absolute atomic E-state index is 0. The van der Waals surface area contributed by atoms with Crippen LogP contribution in [0.5, 0.6) is 0 Å². The number of carbonyl (C=O) groups is 1. The molecule has 1 aromatic heterocycles. The second kappa shape index (κ2) is 28.8. The van der Waals surface area contributed by atoms with Gasteiger partial charge in [-0.25, -0.2) is 4.57 Å². The fourth-order valence-electron chi connectivity index (χ4n) is 4.59. The number of aromatic nitrogens is 1. The van der Waals surface area contributed by atoms with Gasteiger partial charge in [0.15, 0.2) is 12.4 Å². The maximum atomic E-state index is 12.1. The molecule has 1 heterocycles. The van der Waals surface area contributed by atoms with E-state index >= 15 is 0 Å². The van der Waals surface area contributed by atoms with Gasteiger partial charge in [0.05, 0.1) is 13.0 Å². The summed E-state index contributed by atoms with van der Waals surface area (Å²) in [5.41, 5.74) is 0. The van der Waals surface area contributed by atoms with Crippen LogP contribution >= 0.6 is 0 Å². The van der Waals surface area contributed by atoms with Crippen molar-refractivity contribution in [1.29, 1.82) is 0 Å². The molecule has 1 atom stereocenters. The molecule has 0 spiro atoms. The Kier molecular flexibility index (Phi) is 27.9. The zero-order valence-electron chi connectivity index (χ0n) is 24.7. The van der Waals surface area contributed by atoms with Gasteiger partial charge in [-0.05, 0) is 13.3 Å². The minimum Gasteiger partial charge on any atom is -1.00 e. The minimum atomic E-state index is -0.182. The normalized spacial score (nSPS) is 11.7. The van der Waals surface area contributed by atoms with Crippen LogP contribution in [0, 0.1) is 0 Å². The van der Waals surface area contributed by atoms with Gasteiger partial charge in [0, 0.05) is 31.8 Å². The Morgan fingerprint density at radius 3 is 1.74 bits per heavy atom. The van der Waals surface area contributed by atoms with Crippen LogP contribution in [0.3, 0.4) is 0 Å². The molecule has 1 unspecified atom stereocenters. The number of hydrogen-bond acceptors (Lipinski definition) is 4. The Balaban J connectivity index is 0.0000137. The number of unbranched alkanes of at least 4 members (excludes halogenated alkanes) is 15. The number of aryl methyl sites for hydroxylation is 1. The molecule has 38 heavy (non-hydrogen) atoms. The van der Waals surface area contributed by atoms with E-state index in [0.29, 0.717) is 19.6 Å². The van der Waals surface area contributed by atoms with Gasteiger partial charge in [-0.2, -0.15) is 0 Å². The van der Waals surface area contributed by atoms with Crippen LogP contribution in [-0.4, -0.2) is 38.5 Å². The molecule has 222 valence electrons. The molecular weight excluding hydrogens is 498 g/mol. The zero-order chi connectivity index (χ0) is 26.7. The van der Waals surface area contributed by atoms with E-state index in [9.17, 15) is 4.79 Å². The number of hydrogen-bond donors (Lipinski definition) is 0. The highest BCUT2D eigenvalue weighted by molar-refractivity contribution is 5.69.